The van der Waals surface area contributed by atoms with Crippen LogP contribution in [0.3, 0.4) is 0 Å². The Balaban J connectivity index is 1.94. The first-order chi connectivity index (χ1) is 9.15. The normalized spacial score (nSPS) is 11.7. The maximum absolute atomic E-state index is 11.9. The summed E-state index contributed by atoms with van der Waals surface area (Å²) in [6.45, 7) is 3.65. The van der Waals surface area contributed by atoms with Crippen LogP contribution < -0.4 is 10.1 Å². The lowest BCUT2D eigenvalue weighted by Crippen LogP contribution is -2.30. The van der Waals surface area contributed by atoms with Crippen LogP contribution in [0.2, 0.25) is 0 Å². The van der Waals surface area contributed by atoms with E-state index in [2.05, 4.69) is 10.3 Å². The first kappa shape index (κ1) is 13.1. The van der Waals surface area contributed by atoms with Crippen LogP contribution >= 0.6 is 0 Å². The predicted octanol–water partition coefficient (Wildman–Crippen LogP) is 2.80. The molecule has 1 amide bonds. The summed E-state index contributed by atoms with van der Waals surface area (Å²) < 4.78 is 5.53. The molecule has 0 unspecified atom stereocenters. The molecule has 19 heavy (non-hydrogen) atoms. The average molecular weight is 256 g/mol. The van der Waals surface area contributed by atoms with Gasteiger partial charge in [0.15, 0.2) is 6.10 Å². The number of hydrogen-bond acceptors (Lipinski definition) is 3. The Labute approximate surface area is 112 Å². The molecule has 0 saturated carbocycles. The van der Waals surface area contributed by atoms with Gasteiger partial charge in [-0.1, -0.05) is 24.3 Å². The fourth-order valence-corrected chi connectivity index (χ4v) is 1.53. The number of nitrogens with zero attached hydrogens (tertiary/aromatic N) is 1. The van der Waals surface area contributed by atoms with Crippen molar-refractivity contribution in [3.8, 4) is 5.75 Å². The molecule has 1 N–H and O–H groups in total. The number of ether oxygens (including phenoxy) is 1. The van der Waals surface area contributed by atoms with Crippen molar-refractivity contribution in [2.75, 3.05) is 5.32 Å². The van der Waals surface area contributed by atoms with Crippen LogP contribution in [-0.2, 0) is 4.79 Å². The summed E-state index contributed by atoms with van der Waals surface area (Å²) in [5.74, 6) is 0.973. The van der Waals surface area contributed by atoms with Crippen molar-refractivity contribution in [1.82, 2.24) is 4.98 Å². The molecule has 0 spiro atoms. The monoisotopic (exact) mass is 256 g/mol. The number of benzene rings is 1. The fraction of sp³-hybridized carbons (Fsp3) is 0.200. The van der Waals surface area contributed by atoms with Crippen molar-refractivity contribution in [1.29, 1.82) is 0 Å². The van der Waals surface area contributed by atoms with Gasteiger partial charge in [-0.15, -0.1) is 0 Å². The highest BCUT2D eigenvalue weighted by Crippen LogP contribution is 2.12. The number of nitrogens with one attached hydrogen (secondary N) is 1. The molecule has 4 nitrogen and oxygen atoms in total. The maximum Gasteiger partial charge on any atom is 0.266 e. The number of pyridine rings is 1. The second-order valence-corrected chi connectivity index (χ2v) is 4.28. The van der Waals surface area contributed by atoms with Gasteiger partial charge in [-0.25, -0.2) is 4.98 Å². The smallest absolute Gasteiger partial charge is 0.266 e. The number of anilines is 1. The largest absolute Gasteiger partial charge is 0.481 e. The second-order valence-electron chi connectivity index (χ2n) is 4.28. The molecule has 1 heterocycles. The summed E-state index contributed by atoms with van der Waals surface area (Å²) in [4.78, 5) is 16.0. The summed E-state index contributed by atoms with van der Waals surface area (Å²) >= 11 is 0. The molecule has 1 atom stereocenters. The van der Waals surface area contributed by atoms with Crippen molar-refractivity contribution in [3.05, 3.63) is 54.2 Å². The summed E-state index contributed by atoms with van der Waals surface area (Å²) in [6, 6.07) is 12.9. The Morgan fingerprint density at radius 2 is 1.95 bits per heavy atom. The van der Waals surface area contributed by atoms with Gasteiger partial charge in [-0.3, -0.25) is 4.79 Å². The molecule has 1 aromatic carbocycles. The minimum absolute atomic E-state index is 0.222. The van der Waals surface area contributed by atoms with E-state index in [0.717, 1.165) is 5.56 Å². The minimum atomic E-state index is -0.578. The lowest BCUT2D eigenvalue weighted by Gasteiger charge is -2.14. The quantitative estimate of drug-likeness (QED) is 0.915. The van der Waals surface area contributed by atoms with Crippen LogP contribution in [0, 0.1) is 6.92 Å². The molecule has 98 valence electrons. The Kier molecular flexibility index (Phi) is 4.13. The van der Waals surface area contributed by atoms with E-state index < -0.39 is 6.10 Å². The van der Waals surface area contributed by atoms with E-state index >= 15 is 0 Å². The molecule has 0 fully saturated rings. The van der Waals surface area contributed by atoms with Gasteiger partial charge in [0.05, 0.1) is 0 Å². The summed E-state index contributed by atoms with van der Waals surface area (Å²) in [7, 11) is 0. The number of para-hydroxylation sites is 1. The second kappa shape index (κ2) is 6.00. The van der Waals surface area contributed by atoms with Crippen molar-refractivity contribution in [3.63, 3.8) is 0 Å². The predicted molar refractivity (Wildman–Crippen MR) is 74.1 cm³/mol. The molecule has 0 aliphatic carbocycles. The first-order valence-corrected chi connectivity index (χ1v) is 6.10. The maximum atomic E-state index is 11.9. The van der Waals surface area contributed by atoms with E-state index in [-0.39, 0.29) is 5.91 Å². The highest BCUT2D eigenvalue weighted by atomic mass is 16.5. The molecule has 0 aliphatic heterocycles. The number of rotatable bonds is 4. The number of carbonyl (C=O) groups is 1. The zero-order valence-electron chi connectivity index (χ0n) is 11.0. The van der Waals surface area contributed by atoms with Crippen LogP contribution in [0.15, 0.2) is 48.7 Å². The Morgan fingerprint density at radius 1 is 1.21 bits per heavy atom. The summed E-state index contributed by atoms with van der Waals surface area (Å²) in [5, 5.41) is 2.71. The van der Waals surface area contributed by atoms with Crippen molar-refractivity contribution in [2.45, 2.75) is 20.0 Å². The van der Waals surface area contributed by atoms with E-state index in [9.17, 15) is 4.79 Å². The van der Waals surface area contributed by atoms with Gasteiger partial charge in [0.1, 0.15) is 11.6 Å². The Hall–Kier alpha value is -2.36. The molecule has 0 radical (unpaired) electrons. The van der Waals surface area contributed by atoms with Crippen LogP contribution in [0.5, 0.6) is 5.75 Å². The van der Waals surface area contributed by atoms with Gasteiger partial charge in [-0.2, -0.15) is 0 Å². The molecule has 0 aliphatic rings. The highest BCUT2D eigenvalue weighted by molar-refractivity contribution is 5.93. The summed E-state index contributed by atoms with van der Waals surface area (Å²) in [5.41, 5.74) is 1.05. The van der Waals surface area contributed by atoms with Gasteiger partial charge < -0.3 is 10.1 Å². The topological polar surface area (TPSA) is 51.2 Å². The molecular formula is C15H16N2O2. The van der Waals surface area contributed by atoms with Crippen LogP contribution in [0.25, 0.3) is 0 Å². The van der Waals surface area contributed by atoms with E-state index in [1.807, 2.05) is 43.3 Å². The molecule has 1 aromatic heterocycles. The zero-order chi connectivity index (χ0) is 13.7. The van der Waals surface area contributed by atoms with Gasteiger partial charge in [0.2, 0.25) is 0 Å². The number of amides is 1. The lowest BCUT2D eigenvalue weighted by molar-refractivity contribution is -0.122. The third-order valence-corrected chi connectivity index (χ3v) is 2.59. The van der Waals surface area contributed by atoms with Gasteiger partial charge >= 0.3 is 0 Å². The number of hydrogen-bond donors (Lipinski definition) is 1. The van der Waals surface area contributed by atoms with Gasteiger partial charge in [0.25, 0.3) is 5.91 Å². The lowest BCUT2D eigenvalue weighted by atomic mass is 10.3. The highest BCUT2D eigenvalue weighted by Gasteiger charge is 2.14. The Morgan fingerprint density at radius 3 is 2.58 bits per heavy atom. The zero-order valence-corrected chi connectivity index (χ0v) is 11.0. The average Bonchev–Trinajstić information content (AvgIpc) is 2.42. The Bertz CT molecular complexity index is 538. The molecule has 2 rings (SSSR count). The minimum Gasteiger partial charge on any atom is -0.481 e. The van der Waals surface area contributed by atoms with E-state index in [1.165, 1.54) is 0 Å². The molecule has 2 aromatic rings. The third kappa shape index (κ3) is 3.81. The van der Waals surface area contributed by atoms with E-state index in [1.54, 1.807) is 19.2 Å². The molecule has 4 heteroatoms. The first-order valence-electron chi connectivity index (χ1n) is 6.10. The number of aryl methyl sites for hydroxylation is 1. The van der Waals surface area contributed by atoms with Crippen molar-refractivity contribution >= 4 is 11.7 Å². The van der Waals surface area contributed by atoms with Gasteiger partial charge in [0, 0.05) is 6.20 Å². The molecule has 0 saturated heterocycles. The summed E-state index contributed by atoms with van der Waals surface area (Å²) in [6.07, 6.45) is 1.13. The molecule has 0 bridgehead atoms. The third-order valence-electron chi connectivity index (χ3n) is 2.59. The van der Waals surface area contributed by atoms with E-state index in [4.69, 9.17) is 4.74 Å². The van der Waals surface area contributed by atoms with E-state index in [0.29, 0.717) is 11.6 Å². The standard InChI is InChI=1S/C15H16N2O2/c1-11-8-9-14(16-10-11)17-15(18)12(2)19-13-6-4-3-5-7-13/h3-10,12H,1-2H3,(H,16,17,18)/t12-/m0/s1. The van der Waals surface area contributed by atoms with Gasteiger partial charge in [-0.05, 0) is 37.6 Å². The van der Waals surface area contributed by atoms with Crippen LogP contribution in [0.4, 0.5) is 5.82 Å². The van der Waals surface area contributed by atoms with Crippen molar-refractivity contribution in [2.24, 2.45) is 0 Å². The SMILES string of the molecule is Cc1ccc(NC(=O)[C@H](C)Oc2ccccc2)nc1. The number of aromatic nitrogens is 1. The number of carbonyl (C=O) groups excluding carboxylic acids is 1. The van der Waals surface area contributed by atoms with Crippen molar-refractivity contribution < 1.29 is 9.53 Å². The van der Waals surface area contributed by atoms with Crippen LogP contribution in [0.1, 0.15) is 12.5 Å². The molecular weight excluding hydrogens is 240 g/mol. The van der Waals surface area contributed by atoms with Crippen LogP contribution in [-0.4, -0.2) is 17.0 Å². The fourth-order valence-electron chi connectivity index (χ4n) is 1.53.